The minimum Gasteiger partial charge on any atom is -0.390 e. The van der Waals surface area contributed by atoms with Crippen LogP contribution in [0.1, 0.15) is 38.2 Å². The van der Waals surface area contributed by atoms with Gasteiger partial charge >= 0.3 is 0 Å². The molecule has 0 amide bonds. The average Bonchev–Trinajstić information content (AvgIpc) is 2.61. The van der Waals surface area contributed by atoms with Crippen molar-refractivity contribution >= 4 is 10.9 Å². The van der Waals surface area contributed by atoms with Gasteiger partial charge in [-0.15, -0.1) is 0 Å². The molecule has 1 aromatic carbocycles. The fourth-order valence-corrected chi connectivity index (χ4v) is 4.60. The van der Waals surface area contributed by atoms with Gasteiger partial charge < -0.3 is 14.4 Å². The number of ether oxygens (including phenoxy) is 1. The zero-order chi connectivity index (χ0) is 18.4. The zero-order valence-corrected chi connectivity index (χ0v) is 15.7. The Morgan fingerprint density at radius 1 is 1.19 bits per heavy atom. The second-order valence-electron chi connectivity index (χ2n) is 8.32. The lowest BCUT2D eigenvalue weighted by molar-refractivity contribution is -0.173. The highest BCUT2D eigenvalue weighted by molar-refractivity contribution is 5.79. The first kappa shape index (κ1) is 17.7. The van der Waals surface area contributed by atoms with Crippen LogP contribution in [0.2, 0.25) is 0 Å². The van der Waals surface area contributed by atoms with Crippen molar-refractivity contribution in [3.8, 4) is 0 Å². The minimum absolute atomic E-state index is 0.0841. The van der Waals surface area contributed by atoms with Gasteiger partial charge in [0.2, 0.25) is 0 Å². The number of hydrogen-bond acceptors (Lipinski definition) is 4. The smallest absolute Gasteiger partial charge is 0.255 e. The monoisotopic (exact) mass is 356 g/mol. The van der Waals surface area contributed by atoms with E-state index >= 15 is 0 Å². The predicted molar refractivity (Wildman–Crippen MR) is 102 cm³/mol. The maximum absolute atomic E-state index is 12.7. The van der Waals surface area contributed by atoms with Crippen LogP contribution in [0.4, 0.5) is 0 Å². The predicted octanol–water partition coefficient (Wildman–Crippen LogP) is 2.43. The van der Waals surface area contributed by atoms with E-state index in [9.17, 15) is 9.90 Å². The Hall–Kier alpha value is -1.69. The number of para-hydroxylation sites is 1. The van der Waals surface area contributed by atoms with Crippen LogP contribution in [0.25, 0.3) is 10.9 Å². The Labute approximate surface area is 154 Å². The molecular formula is C21H28N2O3. The fourth-order valence-electron chi connectivity index (χ4n) is 4.60. The third kappa shape index (κ3) is 3.31. The first-order valence-electron chi connectivity index (χ1n) is 9.54. The van der Waals surface area contributed by atoms with E-state index in [4.69, 9.17) is 4.74 Å². The number of nitrogens with zero attached hydrogens (tertiary/aromatic N) is 2. The van der Waals surface area contributed by atoms with Crippen molar-refractivity contribution in [3.05, 3.63) is 46.2 Å². The van der Waals surface area contributed by atoms with Gasteiger partial charge in [0.1, 0.15) is 0 Å². The van der Waals surface area contributed by atoms with Crippen molar-refractivity contribution < 1.29 is 9.84 Å². The van der Waals surface area contributed by atoms with Crippen LogP contribution in [0.3, 0.4) is 0 Å². The molecule has 3 heterocycles. The summed E-state index contributed by atoms with van der Waals surface area (Å²) >= 11 is 0. The quantitative estimate of drug-likeness (QED) is 0.898. The highest BCUT2D eigenvalue weighted by atomic mass is 16.5. The van der Waals surface area contributed by atoms with Gasteiger partial charge in [-0.2, -0.15) is 0 Å². The summed E-state index contributed by atoms with van der Waals surface area (Å²) < 4.78 is 7.84. The number of benzene rings is 1. The molecule has 2 saturated heterocycles. The molecule has 26 heavy (non-hydrogen) atoms. The van der Waals surface area contributed by atoms with E-state index in [2.05, 4.69) is 11.0 Å². The van der Waals surface area contributed by atoms with Gasteiger partial charge in [0.25, 0.3) is 5.56 Å². The Kier molecular flexibility index (Phi) is 4.41. The summed E-state index contributed by atoms with van der Waals surface area (Å²) in [5, 5.41) is 11.5. The van der Waals surface area contributed by atoms with E-state index in [1.54, 1.807) is 4.57 Å². The maximum Gasteiger partial charge on any atom is 0.255 e. The third-order valence-corrected chi connectivity index (χ3v) is 6.12. The first-order valence-corrected chi connectivity index (χ1v) is 9.54. The molecule has 0 bridgehead atoms. The molecule has 140 valence electrons. The van der Waals surface area contributed by atoms with Crippen LogP contribution in [0.15, 0.2) is 35.1 Å². The second kappa shape index (κ2) is 6.48. The summed E-state index contributed by atoms with van der Waals surface area (Å²) in [6, 6.07) is 10.0. The summed E-state index contributed by atoms with van der Waals surface area (Å²) in [7, 11) is 1.84. The average molecular weight is 356 g/mol. The standard InChI is InChI=1S/C21H28N2O3/c1-20(25)9-12-26-21(15-20)7-10-23(11-8-21)14-17-13-16-5-3-4-6-18(16)22(2)19(17)24/h3-6,13,25H,7-12,14-15H2,1-2H3. The lowest BCUT2D eigenvalue weighted by atomic mass is 9.78. The normalized spacial score (nSPS) is 26.4. The van der Waals surface area contributed by atoms with Crippen LogP contribution in [-0.4, -0.2) is 45.5 Å². The lowest BCUT2D eigenvalue weighted by Crippen LogP contribution is -2.53. The lowest BCUT2D eigenvalue weighted by Gasteiger charge is -2.48. The summed E-state index contributed by atoms with van der Waals surface area (Å²) in [6.45, 7) is 5.02. The molecule has 0 aliphatic carbocycles. The summed E-state index contributed by atoms with van der Waals surface area (Å²) in [6.07, 6.45) is 3.26. The molecular weight excluding hydrogens is 328 g/mol. The molecule has 2 aliphatic heterocycles. The van der Waals surface area contributed by atoms with E-state index in [0.717, 1.165) is 42.4 Å². The van der Waals surface area contributed by atoms with Gasteiger partial charge in [0.15, 0.2) is 0 Å². The molecule has 2 aromatic rings. The third-order valence-electron chi connectivity index (χ3n) is 6.12. The maximum atomic E-state index is 12.7. The second-order valence-corrected chi connectivity index (χ2v) is 8.32. The number of aromatic nitrogens is 1. The van der Waals surface area contributed by atoms with E-state index in [-0.39, 0.29) is 11.2 Å². The van der Waals surface area contributed by atoms with Gasteiger partial charge in [0.05, 0.1) is 23.3 Å². The molecule has 1 atom stereocenters. The van der Waals surface area contributed by atoms with Crippen molar-refractivity contribution in [2.75, 3.05) is 19.7 Å². The van der Waals surface area contributed by atoms with Crippen molar-refractivity contribution in [2.24, 2.45) is 7.05 Å². The number of piperidine rings is 1. The Balaban J connectivity index is 1.49. The zero-order valence-electron chi connectivity index (χ0n) is 15.7. The molecule has 2 fully saturated rings. The van der Waals surface area contributed by atoms with Gasteiger partial charge in [0, 0.05) is 38.7 Å². The fraction of sp³-hybridized carbons (Fsp3) is 0.571. The Bertz CT molecular complexity index is 863. The molecule has 2 aliphatic rings. The van der Waals surface area contributed by atoms with Gasteiger partial charge in [-0.05, 0) is 43.7 Å². The van der Waals surface area contributed by atoms with Crippen LogP contribution in [0, 0.1) is 0 Å². The first-order chi connectivity index (χ1) is 12.4. The molecule has 1 aromatic heterocycles. The molecule has 4 rings (SSSR count). The van der Waals surface area contributed by atoms with Gasteiger partial charge in [-0.25, -0.2) is 0 Å². The Morgan fingerprint density at radius 2 is 1.92 bits per heavy atom. The van der Waals surface area contributed by atoms with E-state index in [1.807, 2.05) is 38.2 Å². The van der Waals surface area contributed by atoms with E-state index < -0.39 is 5.60 Å². The number of fused-ring (bicyclic) bond motifs is 1. The molecule has 0 saturated carbocycles. The van der Waals surface area contributed by atoms with Crippen molar-refractivity contribution in [2.45, 2.75) is 50.4 Å². The number of rotatable bonds is 2. The number of hydrogen-bond donors (Lipinski definition) is 1. The summed E-state index contributed by atoms with van der Waals surface area (Å²) in [5.41, 5.74) is 1.10. The molecule has 1 N–H and O–H groups in total. The molecule has 0 radical (unpaired) electrons. The highest BCUT2D eigenvalue weighted by Crippen LogP contribution is 2.39. The molecule has 5 heteroatoms. The molecule has 1 unspecified atom stereocenters. The number of likely N-dealkylation sites (tertiary alicyclic amines) is 1. The number of aliphatic hydroxyl groups is 1. The van der Waals surface area contributed by atoms with Crippen molar-refractivity contribution in [1.29, 1.82) is 0 Å². The number of aryl methyl sites for hydroxylation is 1. The Morgan fingerprint density at radius 3 is 2.65 bits per heavy atom. The van der Waals surface area contributed by atoms with E-state index in [0.29, 0.717) is 26.0 Å². The van der Waals surface area contributed by atoms with Crippen LogP contribution in [0.5, 0.6) is 0 Å². The van der Waals surface area contributed by atoms with E-state index in [1.165, 1.54) is 0 Å². The molecule has 5 nitrogen and oxygen atoms in total. The van der Waals surface area contributed by atoms with Crippen molar-refractivity contribution in [1.82, 2.24) is 9.47 Å². The van der Waals surface area contributed by atoms with Crippen molar-refractivity contribution in [3.63, 3.8) is 0 Å². The van der Waals surface area contributed by atoms with Crippen LogP contribution in [-0.2, 0) is 18.3 Å². The summed E-state index contributed by atoms with van der Waals surface area (Å²) in [5.74, 6) is 0. The van der Waals surface area contributed by atoms with Crippen LogP contribution >= 0.6 is 0 Å². The van der Waals surface area contributed by atoms with Gasteiger partial charge in [-0.3, -0.25) is 9.69 Å². The van der Waals surface area contributed by atoms with Gasteiger partial charge in [-0.1, -0.05) is 18.2 Å². The molecule has 1 spiro atoms. The summed E-state index contributed by atoms with van der Waals surface area (Å²) in [4.78, 5) is 15.1. The SMILES string of the molecule is Cn1c(=O)c(CN2CCC3(CC2)CC(C)(O)CCO3)cc2ccccc21. The van der Waals surface area contributed by atoms with Crippen LogP contribution < -0.4 is 5.56 Å². The minimum atomic E-state index is -0.616. The topological polar surface area (TPSA) is 54.7 Å². The number of pyridine rings is 1. The highest BCUT2D eigenvalue weighted by Gasteiger charge is 2.44. The largest absolute Gasteiger partial charge is 0.390 e.